The molecule has 0 unspecified atom stereocenters. The van der Waals surface area contributed by atoms with E-state index in [4.69, 9.17) is 5.73 Å². The van der Waals surface area contributed by atoms with Crippen LogP contribution in [0.5, 0.6) is 0 Å². The second kappa shape index (κ2) is 11.5. The molecule has 0 radical (unpaired) electrons. The van der Waals surface area contributed by atoms with Crippen LogP contribution in [0.25, 0.3) is 0 Å². The number of hydrogen-bond donors (Lipinski definition) is 2. The fourth-order valence-corrected chi connectivity index (χ4v) is 5.09. The zero-order valence-electron chi connectivity index (χ0n) is 18.3. The van der Waals surface area contributed by atoms with Crippen LogP contribution in [-0.4, -0.2) is 80.0 Å². The molecule has 32 heavy (non-hydrogen) atoms. The Hall–Kier alpha value is -1.61. The number of nitrogens with one attached hydrogen (secondary N) is 1. The molecule has 7 nitrogen and oxygen atoms in total. The normalized spacial score (nSPS) is 22.8. The van der Waals surface area contributed by atoms with Crippen LogP contribution in [-0.2, 0) is 9.59 Å². The molecule has 0 bridgehead atoms. The lowest BCUT2D eigenvalue weighted by atomic mass is 9.75. The van der Waals surface area contributed by atoms with Crippen LogP contribution in [0.15, 0.2) is 24.3 Å². The van der Waals surface area contributed by atoms with Gasteiger partial charge in [-0.1, -0.05) is 0 Å². The third-order valence-corrected chi connectivity index (χ3v) is 7.06. The van der Waals surface area contributed by atoms with Gasteiger partial charge in [0, 0.05) is 57.5 Å². The third-order valence-electron chi connectivity index (χ3n) is 7.06. The number of benzene rings is 1. The van der Waals surface area contributed by atoms with Gasteiger partial charge in [0.05, 0.1) is 12.0 Å². The van der Waals surface area contributed by atoms with Crippen LogP contribution in [0.3, 0.4) is 0 Å². The second-order valence-corrected chi connectivity index (χ2v) is 8.83. The summed E-state index contributed by atoms with van der Waals surface area (Å²) in [5.74, 6) is -0.0708. The quantitative estimate of drug-likeness (QED) is 0.656. The molecule has 180 valence electrons. The Morgan fingerprint density at radius 3 is 2.28 bits per heavy atom. The molecule has 3 fully saturated rings. The van der Waals surface area contributed by atoms with Gasteiger partial charge in [0.1, 0.15) is 5.82 Å². The molecule has 3 aliphatic heterocycles. The summed E-state index contributed by atoms with van der Waals surface area (Å²) >= 11 is 0. The van der Waals surface area contributed by atoms with Gasteiger partial charge in [-0.15, -0.1) is 24.8 Å². The van der Waals surface area contributed by atoms with Crippen LogP contribution in [0, 0.1) is 11.2 Å². The summed E-state index contributed by atoms with van der Waals surface area (Å²) in [5.41, 5.74) is 6.22. The smallest absolute Gasteiger partial charge is 0.236 e. The molecule has 0 aliphatic carbocycles. The van der Waals surface area contributed by atoms with E-state index in [1.165, 1.54) is 12.1 Å². The van der Waals surface area contributed by atoms with E-state index in [1.54, 1.807) is 4.90 Å². The predicted octanol–water partition coefficient (Wildman–Crippen LogP) is 1.64. The molecule has 10 heteroatoms. The number of halogens is 3. The first-order valence-electron chi connectivity index (χ1n) is 11.0. The summed E-state index contributed by atoms with van der Waals surface area (Å²) in [6.45, 7) is 6.06. The topological polar surface area (TPSA) is 81.9 Å². The van der Waals surface area contributed by atoms with Crippen molar-refractivity contribution in [3.63, 3.8) is 0 Å². The van der Waals surface area contributed by atoms with Gasteiger partial charge in [0.25, 0.3) is 0 Å². The summed E-state index contributed by atoms with van der Waals surface area (Å²) in [7, 11) is 0. The fraction of sp³-hybridized carbons (Fsp3) is 0.636. The number of carbonyl (C=O) groups excluding carboxylic acids is 2. The highest BCUT2D eigenvalue weighted by Crippen LogP contribution is 2.41. The largest absolute Gasteiger partial charge is 0.369 e. The number of carbonyl (C=O) groups is 2. The number of amides is 2. The van der Waals surface area contributed by atoms with Crippen LogP contribution < -0.4 is 16.0 Å². The number of nitrogens with two attached hydrogens (primary N) is 1. The Morgan fingerprint density at radius 1 is 1.06 bits per heavy atom. The Bertz CT molecular complexity index is 766. The standard InChI is InChI=1S/C22H32FN5O2.2ClH/c23-17-1-3-19(4-2-17)27-13-11-26(12-14-27)8-5-18-15-22(21(30)25-18)6-9-28(10-7-22)20(29)16-24;;/h1-4,18H,5-16,24H2,(H,25,30);2*1H/t18-;;/m0../s1. The molecule has 3 saturated heterocycles. The molecule has 1 aromatic carbocycles. The van der Waals surface area contributed by atoms with Crippen molar-refractivity contribution < 1.29 is 14.0 Å². The first-order chi connectivity index (χ1) is 14.5. The molecule has 0 saturated carbocycles. The number of piperazine rings is 1. The number of piperidine rings is 1. The van der Waals surface area contributed by atoms with Crippen molar-refractivity contribution in [2.75, 3.05) is 57.3 Å². The van der Waals surface area contributed by atoms with Crippen LogP contribution in [0.1, 0.15) is 25.7 Å². The highest BCUT2D eigenvalue weighted by atomic mass is 35.5. The van der Waals surface area contributed by atoms with E-state index in [9.17, 15) is 14.0 Å². The summed E-state index contributed by atoms with van der Waals surface area (Å²) in [5, 5.41) is 3.21. The van der Waals surface area contributed by atoms with Gasteiger partial charge in [-0.2, -0.15) is 0 Å². The first-order valence-corrected chi connectivity index (χ1v) is 11.0. The van der Waals surface area contributed by atoms with Crippen molar-refractivity contribution in [2.24, 2.45) is 11.1 Å². The van der Waals surface area contributed by atoms with E-state index in [1.807, 2.05) is 12.1 Å². The molecule has 2 amide bonds. The van der Waals surface area contributed by atoms with E-state index in [2.05, 4.69) is 15.1 Å². The number of likely N-dealkylation sites (tertiary alicyclic amines) is 1. The maximum atomic E-state index is 13.1. The maximum absolute atomic E-state index is 13.1. The number of hydrogen-bond acceptors (Lipinski definition) is 5. The highest BCUT2D eigenvalue weighted by Gasteiger charge is 2.48. The minimum atomic E-state index is -0.308. The van der Waals surface area contributed by atoms with E-state index in [0.717, 1.165) is 64.1 Å². The second-order valence-electron chi connectivity index (χ2n) is 8.83. The van der Waals surface area contributed by atoms with Crippen LogP contribution in [0.4, 0.5) is 10.1 Å². The number of nitrogens with zero attached hydrogens (tertiary/aromatic N) is 3. The molecule has 1 spiro atoms. The Morgan fingerprint density at radius 2 is 1.69 bits per heavy atom. The first kappa shape index (κ1) is 26.6. The predicted molar refractivity (Wildman–Crippen MR) is 128 cm³/mol. The minimum Gasteiger partial charge on any atom is -0.369 e. The molecule has 3 aliphatic rings. The lowest BCUT2D eigenvalue weighted by Gasteiger charge is -2.37. The molecular formula is C22H34Cl2FN5O2. The SMILES string of the molecule is Cl.Cl.NCC(=O)N1CCC2(CC1)C[C@H](CCN1CCN(c3ccc(F)cc3)CC1)NC2=O. The van der Waals surface area contributed by atoms with Gasteiger partial charge in [0.15, 0.2) is 0 Å². The van der Waals surface area contributed by atoms with Gasteiger partial charge < -0.3 is 20.9 Å². The molecular weight excluding hydrogens is 456 g/mol. The summed E-state index contributed by atoms with van der Waals surface area (Å²) < 4.78 is 13.1. The van der Waals surface area contributed by atoms with E-state index in [0.29, 0.717) is 13.1 Å². The average Bonchev–Trinajstić information content (AvgIpc) is 3.08. The van der Waals surface area contributed by atoms with Crippen molar-refractivity contribution in [1.29, 1.82) is 0 Å². The lowest BCUT2D eigenvalue weighted by molar-refractivity contribution is -0.137. The summed E-state index contributed by atoms with van der Waals surface area (Å²) in [6, 6.07) is 6.91. The highest BCUT2D eigenvalue weighted by molar-refractivity contribution is 5.86. The summed E-state index contributed by atoms with van der Waals surface area (Å²) in [4.78, 5) is 31.0. The van der Waals surface area contributed by atoms with Crippen molar-refractivity contribution in [3.8, 4) is 0 Å². The minimum absolute atomic E-state index is 0. The monoisotopic (exact) mass is 489 g/mol. The maximum Gasteiger partial charge on any atom is 0.236 e. The molecule has 4 rings (SSSR count). The van der Waals surface area contributed by atoms with Crippen molar-refractivity contribution in [1.82, 2.24) is 15.1 Å². The number of rotatable bonds is 5. The Balaban J connectivity index is 0.00000181. The van der Waals surface area contributed by atoms with Gasteiger partial charge in [-0.25, -0.2) is 4.39 Å². The zero-order chi connectivity index (χ0) is 21.1. The Labute approximate surface area is 201 Å². The average molecular weight is 490 g/mol. The van der Waals surface area contributed by atoms with Gasteiger partial charge in [0.2, 0.25) is 11.8 Å². The van der Waals surface area contributed by atoms with Crippen LogP contribution >= 0.6 is 24.8 Å². The van der Waals surface area contributed by atoms with Gasteiger partial charge in [-0.05, 0) is 49.9 Å². The molecule has 1 atom stereocenters. The zero-order valence-corrected chi connectivity index (χ0v) is 19.9. The molecule has 1 aromatic rings. The summed E-state index contributed by atoms with van der Waals surface area (Å²) in [6.07, 6.45) is 3.29. The molecule has 0 aromatic heterocycles. The third kappa shape index (κ3) is 5.84. The van der Waals surface area contributed by atoms with Crippen LogP contribution in [0.2, 0.25) is 0 Å². The van der Waals surface area contributed by atoms with Gasteiger partial charge in [-0.3, -0.25) is 14.5 Å². The molecule has 3 heterocycles. The van der Waals surface area contributed by atoms with Crippen molar-refractivity contribution in [3.05, 3.63) is 30.1 Å². The van der Waals surface area contributed by atoms with E-state index in [-0.39, 0.29) is 60.4 Å². The van der Waals surface area contributed by atoms with Crippen molar-refractivity contribution >= 4 is 42.3 Å². The number of anilines is 1. The fourth-order valence-electron chi connectivity index (χ4n) is 5.09. The van der Waals surface area contributed by atoms with Gasteiger partial charge >= 0.3 is 0 Å². The van der Waals surface area contributed by atoms with E-state index >= 15 is 0 Å². The Kier molecular flexibility index (Phi) is 9.57. The molecule has 3 N–H and O–H groups in total. The lowest BCUT2D eigenvalue weighted by Crippen LogP contribution is -2.47. The van der Waals surface area contributed by atoms with Crippen molar-refractivity contribution in [2.45, 2.75) is 31.7 Å². The van der Waals surface area contributed by atoms with E-state index < -0.39 is 0 Å².